The molecule has 0 aromatic carbocycles. The molecule has 16 heavy (non-hydrogen) atoms. The van der Waals surface area contributed by atoms with Crippen molar-refractivity contribution in [3.63, 3.8) is 0 Å². The number of nitrogens with zero attached hydrogens (tertiary/aromatic N) is 1. The molecule has 0 fully saturated rings. The van der Waals surface area contributed by atoms with Crippen molar-refractivity contribution in [3.8, 4) is 0 Å². The van der Waals surface area contributed by atoms with Crippen molar-refractivity contribution in [1.82, 2.24) is 4.57 Å². The molecule has 0 aliphatic rings. The maximum atomic E-state index is 5.53. The molecule has 1 heterocycles. The van der Waals surface area contributed by atoms with Gasteiger partial charge in [-0.2, -0.15) is 0 Å². The number of nitrogens with two attached hydrogens (primary N) is 1. The van der Waals surface area contributed by atoms with E-state index >= 15 is 0 Å². The first-order valence-corrected chi connectivity index (χ1v) is 6.71. The summed E-state index contributed by atoms with van der Waals surface area (Å²) in [5.41, 5.74) is 6.90. The fraction of sp³-hybridized carbons (Fsp3) is 0.714. The van der Waals surface area contributed by atoms with E-state index < -0.39 is 0 Å². The van der Waals surface area contributed by atoms with Gasteiger partial charge in [0.2, 0.25) is 0 Å². The third kappa shape index (κ3) is 5.36. The van der Waals surface area contributed by atoms with Gasteiger partial charge in [-0.25, -0.2) is 0 Å². The van der Waals surface area contributed by atoms with E-state index in [1.807, 2.05) is 0 Å². The number of aryl methyl sites for hydroxylation is 1. The number of hydrogen-bond acceptors (Lipinski definition) is 1. The largest absolute Gasteiger partial charge is 0.354 e. The van der Waals surface area contributed by atoms with E-state index in [1.165, 1.54) is 44.1 Å². The minimum Gasteiger partial charge on any atom is -0.354 e. The molecule has 0 radical (unpaired) electrons. The smallest absolute Gasteiger partial charge is 0.0219 e. The zero-order valence-electron chi connectivity index (χ0n) is 10.6. The lowest BCUT2D eigenvalue weighted by atomic mass is 10.1. The van der Waals surface area contributed by atoms with E-state index in [-0.39, 0.29) is 0 Å². The molecule has 2 N–H and O–H groups in total. The zero-order chi connectivity index (χ0) is 11.6. The first kappa shape index (κ1) is 13.3. The van der Waals surface area contributed by atoms with Crippen LogP contribution in [-0.2, 0) is 13.0 Å². The van der Waals surface area contributed by atoms with Gasteiger partial charge in [0, 0.05) is 18.9 Å². The van der Waals surface area contributed by atoms with Gasteiger partial charge in [0.15, 0.2) is 0 Å². The third-order valence-electron chi connectivity index (χ3n) is 3.01. The van der Waals surface area contributed by atoms with Gasteiger partial charge in [0.05, 0.1) is 0 Å². The van der Waals surface area contributed by atoms with Gasteiger partial charge < -0.3 is 10.3 Å². The summed E-state index contributed by atoms with van der Waals surface area (Å²) in [5.74, 6) is 0. The van der Waals surface area contributed by atoms with Gasteiger partial charge in [-0.1, -0.05) is 39.0 Å². The molecular weight excluding hydrogens is 196 g/mol. The highest BCUT2D eigenvalue weighted by molar-refractivity contribution is 5.10. The Bertz CT molecular complexity index is 265. The summed E-state index contributed by atoms with van der Waals surface area (Å²) in [6, 6.07) is 2.18. The quantitative estimate of drug-likeness (QED) is 0.638. The average Bonchev–Trinajstić information content (AvgIpc) is 2.72. The van der Waals surface area contributed by atoms with Crippen LogP contribution >= 0.6 is 0 Å². The highest BCUT2D eigenvalue weighted by Crippen LogP contribution is 2.08. The molecule has 0 aliphatic heterocycles. The minimum atomic E-state index is 0.751. The summed E-state index contributed by atoms with van der Waals surface area (Å²) < 4.78 is 2.30. The van der Waals surface area contributed by atoms with Crippen molar-refractivity contribution in [1.29, 1.82) is 0 Å². The van der Waals surface area contributed by atoms with E-state index in [2.05, 4.69) is 30.0 Å². The lowest BCUT2D eigenvalue weighted by Gasteiger charge is -2.02. The predicted molar refractivity (Wildman–Crippen MR) is 70.6 cm³/mol. The summed E-state index contributed by atoms with van der Waals surface area (Å²) in [4.78, 5) is 0. The Morgan fingerprint density at radius 2 is 1.88 bits per heavy atom. The second-order valence-electron chi connectivity index (χ2n) is 4.56. The van der Waals surface area contributed by atoms with Crippen LogP contribution in [0.5, 0.6) is 0 Å². The lowest BCUT2D eigenvalue weighted by Crippen LogP contribution is -2.02. The second-order valence-corrected chi connectivity index (χ2v) is 4.56. The van der Waals surface area contributed by atoms with Crippen LogP contribution in [0, 0.1) is 0 Å². The number of rotatable bonds is 9. The normalized spacial score (nSPS) is 10.9. The Hall–Kier alpha value is -0.760. The molecule has 1 aromatic rings. The predicted octanol–water partition coefficient (Wildman–Crippen LogP) is 3.35. The molecule has 0 aliphatic carbocycles. The van der Waals surface area contributed by atoms with Crippen LogP contribution in [0.15, 0.2) is 18.5 Å². The minimum absolute atomic E-state index is 0.751. The molecule has 1 aromatic heterocycles. The third-order valence-corrected chi connectivity index (χ3v) is 3.01. The molecule has 0 amide bonds. The lowest BCUT2D eigenvalue weighted by molar-refractivity contribution is 0.558. The van der Waals surface area contributed by atoms with Gasteiger partial charge in [-0.3, -0.25) is 0 Å². The fourth-order valence-corrected chi connectivity index (χ4v) is 2.02. The first-order valence-electron chi connectivity index (χ1n) is 6.71. The molecule has 0 saturated heterocycles. The Balaban J connectivity index is 2.07. The molecule has 0 atom stereocenters. The van der Waals surface area contributed by atoms with Crippen molar-refractivity contribution >= 4 is 0 Å². The van der Waals surface area contributed by atoms with Crippen molar-refractivity contribution in [2.24, 2.45) is 5.73 Å². The molecule has 92 valence electrons. The van der Waals surface area contributed by atoms with E-state index in [0.717, 1.165) is 19.5 Å². The molecule has 2 nitrogen and oxygen atoms in total. The molecule has 0 unspecified atom stereocenters. The molecule has 0 saturated carbocycles. The van der Waals surface area contributed by atoms with Gasteiger partial charge in [0.25, 0.3) is 0 Å². The van der Waals surface area contributed by atoms with E-state index in [9.17, 15) is 0 Å². The molecule has 1 rings (SSSR count). The summed E-state index contributed by atoms with van der Waals surface area (Å²) in [7, 11) is 0. The maximum absolute atomic E-state index is 5.53. The fourth-order valence-electron chi connectivity index (χ4n) is 2.02. The molecule has 2 heteroatoms. The van der Waals surface area contributed by atoms with Crippen LogP contribution in [0.3, 0.4) is 0 Å². The van der Waals surface area contributed by atoms with Gasteiger partial charge in [0.1, 0.15) is 0 Å². The highest BCUT2D eigenvalue weighted by Gasteiger charge is 1.96. The number of aromatic nitrogens is 1. The Morgan fingerprint density at radius 1 is 1.12 bits per heavy atom. The summed E-state index contributed by atoms with van der Waals surface area (Å²) >= 11 is 0. The second kappa shape index (κ2) is 8.40. The number of hydrogen-bond donors (Lipinski definition) is 1. The Morgan fingerprint density at radius 3 is 2.62 bits per heavy atom. The summed E-state index contributed by atoms with van der Waals surface area (Å²) in [5, 5.41) is 0. The van der Waals surface area contributed by atoms with Crippen molar-refractivity contribution < 1.29 is 0 Å². The average molecular weight is 222 g/mol. The van der Waals surface area contributed by atoms with Crippen molar-refractivity contribution in [2.45, 2.75) is 58.4 Å². The van der Waals surface area contributed by atoms with Gasteiger partial charge in [-0.05, 0) is 31.0 Å². The Labute approximate surface area is 99.8 Å². The SMILES string of the molecule is CCCCCCCCn1ccc(CCN)c1. The molecular formula is C14H26N2. The van der Waals surface area contributed by atoms with Gasteiger partial charge >= 0.3 is 0 Å². The monoisotopic (exact) mass is 222 g/mol. The summed E-state index contributed by atoms with van der Waals surface area (Å²) in [6.07, 6.45) is 13.6. The van der Waals surface area contributed by atoms with Crippen LogP contribution < -0.4 is 5.73 Å². The molecule has 0 bridgehead atoms. The van der Waals surface area contributed by atoms with Crippen LogP contribution in [0.25, 0.3) is 0 Å². The van der Waals surface area contributed by atoms with Crippen molar-refractivity contribution in [2.75, 3.05) is 6.54 Å². The van der Waals surface area contributed by atoms with E-state index in [0.29, 0.717) is 0 Å². The van der Waals surface area contributed by atoms with Crippen LogP contribution in [0.4, 0.5) is 0 Å². The zero-order valence-corrected chi connectivity index (χ0v) is 10.6. The van der Waals surface area contributed by atoms with Gasteiger partial charge in [-0.15, -0.1) is 0 Å². The van der Waals surface area contributed by atoms with Crippen LogP contribution in [0.1, 0.15) is 51.0 Å². The summed E-state index contributed by atoms with van der Waals surface area (Å²) in [6.45, 7) is 4.18. The first-order chi connectivity index (χ1) is 7.86. The highest BCUT2D eigenvalue weighted by atomic mass is 14.9. The number of unbranched alkanes of at least 4 members (excludes halogenated alkanes) is 5. The molecule has 0 spiro atoms. The standard InChI is InChI=1S/C14H26N2/c1-2-3-4-5-6-7-11-16-12-9-14(13-16)8-10-15/h9,12-13H,2-8,10-11,15H2,1H3. The van der Waals surface area contributed by atoms with Crippen LogP contribution in [-0.4, -0.2) is 11.1 Å². The maximum Gasteiger partial charge on any atom is 0.0219 e. The topological polar surface area (TPSA) is 30.9 Å². The van der Waals surface area contributed by atoms with Crippen LogP contribution in [0.2, 0.25) is 0 Å². The Kier molecular flexibility index (Phi) is 6.98. The van der Waals surface area contributed by atoms with Crippen molar-refractivity contribution in [3.05, 3.63) is 24.0 Å². The van der Waals surface area contributed by atoms with E-state index in [1.54, 1.807) is 0 Å². The van der Waals surface area contributed by atoms with E-state index in [4.69, 9.17) is 5.73 Å².